The molecule has 62 valence electrons. The minimum absolute atomic E-state index is 0.145. The highest BCUT2D eigenvalue weighted by Crippen LogP contribution is 1.91. The van der Waals surface area contributed by atoms with Crippen LogP contribution >= 0.6 is 0 Å². The smallest absolute Gasteiger partial charge is 0.126 e. The van der Waals surface area contributed by atoms with E-state index in [4.69, 9.17) is 0 Å². The largest absolute Gasteiger partial charge is 0.300 e. The molecule has 1 nitrogen and oxygen atoms in total. The van der Waals surface area contributed by atoms with Crippen molar-refractivity contribution in [3.8, 4) is 0 Å². The lowest BCUT2D eigenvalue weighted by Crippen LogP contribution is -1.72. The molecule has 0 unspecified atom stereocenters. The van der Waals surface area contributed by atoms with E-state index in [1.54, 1.807) is 0 Å². The molecule has 0 aliphatic rings. The Labute approximate surface area is 62.6 Å². The zero-order chi connectivity index (χ0) is 8.41. The number of hydrogen-bond donors (Lipinski definition) is 0. The van der Waals surface area contributed by atoms with Gasteiger partial charge in [0.05, 0.1) is 6.67 Å². The van der Waals surface area contributed by atoms with Gasteiger partial charge in [0.25, 0.3) is 0 Å². The molecule has 0 heterocycles. The molecule has 0 rings (SSSR count). The van der Waals surface area contributed by atoms with Crippen molar-refractivity contribution in [1.82, 2.24) is 0 Å². The Morgan fingerprint density at radius 3 is 1.80 bits per heavy atom. The molecule has 0 bridgehead atoms. The van der Waals surface area contributed by atoms with Gasteiger partial charge < -0.3 is 4.79 Å². The molecular formula is C8H17FO. The van der Waals surface area contributed by atoms with Crippen molar-refractivity contribution in [1.29, 1.82) is 0 Å². The highest BCUT2D eigenvalue weighted by Gasteiger charge is 1.78. The van der Waals surface area contributed by atoms with E-state index in [9.17, 15) is 9.18 Å². The van der Waals surface area contributed by atoms with Crippen molar-refractivity contribution in [3.63, 3.8) is 0 Å². The van der Waals surface area contributed by atoms with Gasteiger partial charge in [-0.1, -0.05) is 19.8 Å². The minimum Gasteiger partial charge on any atom is -0.300 e. The van der Waals surface area contributed by atoms with Crippen molar-refractivity contribution in [2.24, 2.45) is 0 Å². The van der Waals surface area contributed by atoms with E-state index in [1.807, 2.05) is 0 Å². The molecule has 0 aromatic rings. The van der Waals surface area contributed by atoms with E-state index in [-0.39, 0.29) is 12.5 Å². The van der Waals surface area contributed by atoms with Crippen LogP contribution in [0.4, 0.5) is 4.39 Å². The Balaban J connectivity index is 0. The number of unbranched alkanes of at least 4 members (excludes halogenated alkanes) is 2. The van der Waals surface area contributed by atoms with Crippen molar-refractivity contribution >= 4 is 5.78 Å². The Morgan fingerprint density at radius 1 is 1.30 bits per heavy atom. The summed E-state index contributed by atoms with van der Waals surface area (Å²) in [7, 11) is 0. The van der Waals surface area contributed by atoms with Gasteiger partial charge in [0.15, 0.2) is 0 Å². The molecule has 0 radical (unpaired) electrons. The fourth-order valence-electron chi connectivity index (χ4n) is 0.344. The molecule has 0 spiro atoms. The summed E-state index contributed by atoms with van der Waals surface area (Å²) in [4.78, 5) is 9.44. The first-order chi connectivity index (χ1) is 4.65. The van der Waals surface area contributed by atoms with Gasteiger partial charge in [-0.3, -0.25) is 4.39 Å². The first kappa shape index (κ1) is 12.3. The van der Waals surface area contributed by atoms with E-state index >= 15 is 0 Å². The van der Waals surface area contributed by atoms with Crippen LogP contribution in [-0.2, 0) is 4.79 Å². The summed E-state index contributed by atoms with van der Waals surface area (Å²) in [5.41, 5.74) is 0. The molecule has 2 heteroatoms. The summed E-state index contributed by atoms with van der Waals surface area (Å²) in [6, 6.07) is 0. The maximum atomic E-state index is 11.2. The summed E-state index contributed by atoms with van der Waals surface area (Å²) in [6.07, 6.45) is 2.90. The van der Waals surface area contributed by atoms with Gasteiger partial charge in [-0.2, -0.15) is 0 Å². The third-order valence-electron chi connectivity index (χ3n) is 0.737. The van der Waals surface area contributed by atoms with Crippen LogP contribution in [0.3, 0.4) is 0 Å². The number of carbonyl (C=O) groups excluding carboxylic acids is 1. The van der Waals surface area contributed by atoms with Gasteiger partial charge in [0.2, 0.25) is 0 Å². The van der Waals surface area contributed by atoms with Gasteiger partial charge in [-0.05, 0) is 20.3 Å². The first-order valence-corrected chi connectivity index (χ1v) is 3.68. The molecule has 0 N–H and O–H groups in total. The maximum Gasteiger partial charge on any atom is 0.126 e. The van der Waals surface area contributed by atoms with E-state index in [0.717, 1.165) is 19.3 Å². The van der Waals surface area contributed by atoms with Crippen molar-refractivity contribution in [2.45, 2.75) is 40.0 Å². The molecule has 0 atom stereocenters. The summed E-state index contributed by atoms with van der Waals surface area (Å²) in [5.74, 6) is 0.167. The zero-order valence-electron chi connectivity index (χ0n) is 7.11. The number of ketones is 1. The van der Waals surface area contributed by atoms with Crippen molar-refractivity contribution in [3.05, 3.63) is 0 Å². The SMILES string of the molecule is CC(C)=O.CCCCCF. The molecule has 0 aliphatic heterocycles. The molecule has 0 aromatic carbocycles. The monoisotopic (exact) mass is 148 g/mol. The maximum absolute atomic E-state index is 11.2. The number of alkyl halides is 1. The first-order valence-electron chi connectivity index (χ1n) is 3.68. The predicted molar refractivity (Wildman–Crippen MR) is 41.9 cm³/mol. The highest BCUT2D eigenvalue weighted by atomic mass is 19.1. The second-order valence-electron chi connectivity index (χ2n) is 2.30. The second kappa shape index (κ2) is 11.4. The molecule has 10 heavy (non-hydrogen) atoms. The zero-order valence-corrected chi connectivity index (χ0v) is 7.11. The third-order valence-corrected chi connectivity index (χ3v) is 0.737. The molecule has 0 aliphatic carbocycles. The van der Waals surface area contributed by atoms with Gasteiger partial charge in [0, 0.05) is 0 Å². The summed E-state index contributed by atoms with van der Waals surface area (Å²) >= 11 is 0. The van der Waals surface area contributed by atoms with Crippen LogP contribution < -0.4 is 0 Å². The quantitative estimate of drug-likeness (QED) is 0.562. The lowest BCUT2D eigenvalue weighted by molar-refractivity contribution is -0.114. The number of Topliss-reactive ketones (excluding diaryl/α,β-unsaturated/α-hetero) is 1. The van der Waals surface area contributed by atoms with E-state index in [0.29, 0.717) is 0 Å². The average molecular weight is 148 g/mol. The highest BCUT2D eigenvalue weighted by molar-refractivity contribution is 5.72. The fourth-order valence-corrected chi connectivity index (χ4v) is 0.344. The van der Waals surface area contributed by atoms with Crippen LogP contribution in [-0.4, -0.2) is 12.5 Å². The topological polar surface area (TPSA) is 17.1 Å². The Bertz CT molecular complexity index is 63.7. The summed E-state index contributed by atoms with van der Waals surface area (Å²) in [5, 5.41) is 0. The van der Waals surface area contributed by atoms with E-state index in [2.05, 4.69) is 6.92 Å². The van der Waals surface area contributed by atoms with Gasteiger partial charge in [0.1, 0.15) is 5.78 Å². The van der Waals surface area contributed by atoms with E-state index in [1.165, 1.54) is 13.8 Å². The van der Waals surface area contributed by atoms with Crippen LogP contribution in [0, 0.1) is 0 Å². The van der Waals surface area contributed by atoms with E-state index < -0.39 is 0 Å². The van der Waals surface area contributed by atoms with Gasteiger partial charge >= 0.3 is 0 Å². The van der Waals surface area contributed by atoms with Crippen LogP contribution in [0.1, 0.15) is 40.0 Å². The van der Waals surface area contributed by atoms with Gasteiger partial charge in [-0.25, -0.2) is 0 Å². The molecule has 0 fully saturated rings. The van der Waals surface area contributed by atoms with Gasteiger partial charge in [-0.15, -0.1) is 0 Å². The standard InChI is InChI=1S/C5H11F.C3H6O/c1-2-3-4-5-6;1-3(2)4/h2-5H2,1H3;1-2H3. The lowest BCUT2D eigenvalue weighted by Gasteiger charge is -1.84. The predicted octanol–water partition coefficient (Wildman–Crippen LogP) is 2.74. The van der Waals surface area contributed by atoms with Crippen LogP contribution in [0.15, 0.2) is 0 Å². The molecule has 0 saturated carbocycles. The molecule has 0 aromatic heterocycles. The second-order valence-corrected chi connectivity index (χ2v) is 2.30. The van der Waals surface area contributed by atoms with Crippen molar-refractivity contribution in [2.75, 3.05) is 6.67 Å². The molecular weight excluding hydrogens is 131 g/mol. The van der Waals surface area contributed by atoms with Crippen LogP contribution in [0.5, 0.6) is 0 Å². The number of hydrogen-bond acceptors (Lipinski definition) is 1. The number of carbonyl (C=O) groups is 1. The Morgan fingerprint density at radius 2 is 1.70 bits per heavy atom. The van der Waals surface area contributed by atoms with Crippen LogP contribution in [0.2, 0.25) is 0 Å². The number of halogens is 1. The normalized spacial score (nSPS) is 8.00. The fraction of sp³-hybridized carbons (Fsp3) is 0.875. The number of rotatable bonds is 3. The van der Waals surface area contributed by atoms with Crippen LogP contribution in [0.25, 0.3) is 0 Å². The summed E-state index contributed by atoms with van der Waals surface area (Å²) in [6.45, 7) is 4.98. The third kappa shape index (κ3) is 49.0. The average Bonchev–Trinajstić information content (AvgIpc) is 1.82. The van der Waals surface area contributed by atoms with Crippen molar-refractivity contribution < 1.29 is 9.18 Å². The Kier molecular flexibility index (Phi) is 14.0. The summed E-state index contributed by atoms with van der Waals surface area (Å²) < 4.78 is 11.2. The lowest BCUT2D eigenvalue weighted by atomic mass is 10.3. The molecule has 0 saturated heterocycles. The minimum atomic E-state index is -0.145. The Hall–Kier alpha value is -0.400. The molecule has 0 amide bonds.